The number of rotatable bonds is 11. The number of carbonyl (C=O) groups is 1. The first-order valence-electron chi connectivity index (χ1n) is 14.3. The number of hydrogen-bond acceptors (Lipinski definition) is 6. The maximum atomic E-state index is 12.1. The highest BCUT2D eigenvalue weighted by Crippen LogP contribution is 2.42. The molecule has 0 aliphatic carbocycles. The van der Waals surface area contributed by atoms with Gasteiger partial charge in [0, 0.05) is 24.1 Å². The van der Waals surface area contributed by atoms with Gasteiger partial charge in [0.05, 0.1) is 25.0 Å². The zero-order chi connectivity index (χ0) is 28.5. The second kappa shape index (κ2) is 12.9. The lowest BCUT2D eigenvalue weighted by Gasteiger charge is -2.41. The number of aromatic nitrogens is 4. The van der Waals surface area contributed by atoms with Gasteiger partial charge in [-0.25, -0.2) is 11.3 Å². The van der Waals surface area contributed by atoms with Gasteiger partial charge in [-0.05, 0) is 48.8 Å². The van der Waals surface area contributed by atoms with Crippen LogP contribution in [-0.2, 0) is 27.0 Å². The van der Waals surface area contributed by atoms with Crippen molar-refractivity contribution < 1.29 is 9.53 Å². The van der Waals surface area contributed by atoms with E-state index in [9.17, 15) is 4.79 Å². The molecule has 0 unspecified atom stereocenters. The van der Waals surface area contributed by atoms with Gasteiger partial charge in [-0.15, -0.1) is 5.10 Å². The third-order valence-electron chi connectivity index (χ3n) is 8.31. The molecule has 0 atom stereocenters. The molecule has 5 rings (SSSR count). The Balaban J connectivity index is 1.37. The molecule has 8 heteroatoms. The molecule has 1 aliphatic rings. The Hall–Kier alpha value is -4.35. The molecular formula is C33H36N6O2. The Morgan fingerprint density at radius 2 is 1.51 bits per heavy atom. The third-order valence-corrected chi connectivity index (χ3v) is 8.31. The van der Waals surface area contributed by atoms with E-state index in [1.54, 1.807) is 11.6 Å². The summed E-state index contributed by atoms with van der Waals surface area (Å²) in [5.41, 5.74) is 2.12. The number of tetrazole rings is 1. The lowest BCUT2D eigenvalue weighted by Crippen LogP contribution is -2.46. The van der Waals surface area contributed by atoms with E-state index in [1.165, 1.54) is 5.56 Å². The minimum Gasteiger partial charge on any atom is -0.466 e. The summed E-state index contributed by atoms with van der Waals surface area (Å²) in [6.45, 7) is 13.4. The molecule has 41 heavy (non-hydrogen) atoms. The van der Waals surface area contributed by atoms with Gasteiger partial charge in [0.15, 0.2) is 5.82 Å². The summed E-state index contributed by atoms with van der Waals surface area (Å²) in [6, 6.07) is 30.7. The lowest BCUT2D eigenvalue weighted by atomic mass is 9.71. The molecule has 1 saturated heterocycles. The molecule has 1 aromatic heterocycles. The van der Waals surface area contributed by atoms with Gasteiger partial charge < -0.3 is 9.64 Å². The van der Waals surface area contributed by atoms with Crippen molar-refractivity contribution in [3.63, 3.8) is 0 Å². The molecule has 0 amide bonds. The van der Waals surface area contributed by atoms with Crippen LogP contribution in [0.5, 0.6) is 0 Å². The quantitative estimate of drug-likeness (QED) is 0.188. The fourth-order valence-corrected chi connectivity index (χ4v) is 6.07. The van der Waals surface area contributed by atoms with Crippen LogP contribution in [0.4, 0.5) is 0 Å². The fraction of sp³-hybridized carbons (Fsp3) is 0.364. The standard InChI is InChI=1S/C33H36N6O2/c1-3-41-30(40)19-23-39-31(35-36-37-39)32(27-13-7-4-8-14-27)20-24-38(25-21-32)26-22-33(34-2,28-15-9-5-10-16-28)29-17-11-6-12-18-29/h4-18H,3,19-26H2,1H3. The highest BCUT2D eigenvalue weighted by molar-refractivity contribution is 5.69. The van der Waals surface area contributed by atoms with Crippen LogP contribution in [-0.4, -0.2) is 57.3 Å². The summed E-state index contributed by atoms with van der Waals surface area (Å²) >= 11 is 0. The number of esters is 1. The Morgan fingerprint density at radius 1 is 0.927 bits per heavy atom. The average molecular weight is 549 g/mol. The van der Waals surface area contributed by atoms with Gasteiger partial charge >= 0.3 is 5.97 Å². The van der Waals surface area contributed by atoms with Crippen molar-refractivity contribution in [3.8, 4) is 0 Å². The number of piperidine rings is 1. The van der Waals surface area contributed by atoms with Crippen LogP contribution < -0.4 is 0 Å². The Kier molecular flexibility index (Phi) is 8.85. The van der Waals surface area contributed by atoms with Crippen molar-refractivity contribution >= 4 is 5.97 Å². The van der Waals surface area contributed by atoms with Crippen LogP contribution in [0.1, 0.15) is 55.1 Å². The molecule has 0 radical (unpaired) electrons. The Morgan fingerprint density at radius 3 is 2.07 bits per heavy atom. The molecule has 0 saturated carbocycles. The minimum absolute atomic E-state index is 0.223. The van der Waals surface area contributed by atoms with Crippen LogP contribution in [0.3, 0.4) is 0 Å². The smallest absolute Gasteiger partial charge is 0.307 e. The molecule has 8 nitrogen and oxygen atoms in total. The number of hydrogen-bond donors (Lipinski definition) is 0. The van der Waals surface area contributed by atoms with Gasteiger partial charge in [-0.1, -0.05) is 91.0 Å². The topological polar surface area (TPSA) is 77.5 Å². The molecule has 0 N–H and O–H groups in total. The molecule has 4 aromatic rings. The maximum Gasteiger partial charge on any atom is 0.307 e. The zero-order valence-electron chi connectivity index (χ0n) is 23.5. The van der Waals surface area contributed by atoms with Crippen molar-refractivity contribution in [1.82, 2.24) is 25.1 Å². The number of likely N-dealkylation sites (tertiary alicyclic amines) is 1. The molecular weight excluding hydrogens is 512 g/mol. The van der Waals surface area contributed by atoms with Crippen LogP contribution >= 0.6 is 0 Å². The number of benzene rings is 3. The van der Waals surface area contributed by atoms with Gasteiger partial charge in [0.2, 0.25) is 0 Å². The summed E-state index contributed by atoms with van der Waals surface area (Å²) in [4.78, 5) is 18.8. The van der Waals surface area contributed by atoms with Crippen LogP contribution in [0.15, 0.2) is 91.0 Å². The van der Waals surface area contributed by atoms with E-state index in [0.717, 1.165) is 49.4 Å². The third kappa shape index (κ3) is 5.91. The maximum absolute atomic E-state index is 12.1. The van der Waals surface area contributed by atoms with Crippen molar-refractivity contribution in [2.24, 2.45) is 0 Å². The van der Waals surface area contributed by atoms with Crippen LogP contribution in [0.25, 0.3) is 4.85 Å². The minimum atomic E-state index is -0.742. The fourth-order valence-electron chi connectivity index (χ4n) is 6.07. The van der Waals surface area contributed by atoms with E-state index < -0.39 is 5.54 Å². The summed E-state index contributed by atoms with van der Waals surface area (Å²) in [5, 5.41) is 12.8. The molecule has 0 bridgehead atoms. The monoisotopic (exact) mass is 548 g/mol. The summed E-state index contributed by atoms with van der Waals surface area (Å²) in [6.07, 6.45) is 2.58. The SMILES string of the molecule is [C-]#[N+]C(CCN1CCC(c2ccccc2)(c2nnnn2CCC(=O)OCC)CC1)(c1ccccc1)c1ccccc1. The molecule has 3 aromatic carbocycles. The molecule has 1 aliphatic heterocycles. The molecule has 1 fully saturated rings. The van der Waals surface area contributed by atoms with Crippen molar-refractivity contribution in [1.29, 1.82) is 0 Å². The average Bonchev–Trinajstić information content (AvgIpc) is 3.52. The highest BCUT2D eigenvalue weighted by atomic mass is 16.5. The van der Waals surface area contributed by atoms with Crippen molar-refractivity contribution in [2.45, 2.75) is 50.1 Å². The van der Waals surface area contributed by atoms with E-state index in [-0.39, 0.29) is 17.8 Å². The van der Waals surface area contributed by atoms with E-state index in [2.05, 4.69) is 73.8 Å². The summed E-state index contributed by atoms with van der Waals surface area (Å²) < 4.78 is 6.90. The molecule has 0 spiro atoms. The first-order valence-corrected chi connectivity index (χ1v) is 14.3. The first-order chi connectivity index (χ1) is 20.1. The highest BCUT2D eigenvalue weighted by Gasteiger charge is 2.44. The lowest BCUT2D eigenvalue weighted by molar-refractivity contribution is -0.143. The van der Waals surface area contributed by atoms with Crippen LogP contribution in [0, 0.1) is 6.57 Å². The van der Waals surface area contributed by atoms with Crippen molar-refractivity contribution in [3.05, 3.63) is 125 Å². The van der Waals surface area contributed by atoms with E-state index >= 15 is 0 Å². The summed E-state index contributed by atoms with van der Waals surface area (Å²) in [7, 11) is 0. The first kappa shape index (κ1) is 28.2. The Bertz CT molecular complexity index is 1400. The second-order valence-corrected chi connectivity index (χ2v) is 10.5. The predicted octanol–water partition coefficient (Wildman–Crippen LogP) is 5.26. The normalized spacial score (nSPS) is 15.2. The van der Waals surface area contributed by atoms with E-state index in [1.807, 2.05) is 42.5 Å². The van der Waals surface area contributed by atoms with E-state index in [0.29, 0.717) is 19.6 Å². The summed E-state index contributed by atoms with van der Waals surface area (Å²) in [5.74, 6) is 0.536. The number of nitrogens with zero attached hydrogens (tertiary/aromatic N) is 6. The number of ether oxygens (including phenoxy) is 1. The molecule has 210 valence electrons. The Labute approximate surface area is 241 Å². The van der Waals surface area contributed by atoms with Gasteiger partial charge in [0.1, 0.15) is 0 Å². The zero-order valence-corrected chi connectivity index (χ0v) is 23.5. The van der Waals surface area contributed by atoms with Crippen LogP contribution in [0.2, 0.25) is 0 Å². The largest absolute Gasteiger partial charge is 0.466 e. The molecule has 2 heterocycles. The van der Waals surface area contributed by atoms with Crippen molar-refractivity contribution in [2.75, 3.05) is 26.2 Å². The van der Waals surface area contributed by atoms with E-state index in [4.69, 9.17) is 11.3 Å². The van der Waals surface area contributed by atoms with Gasteiger partial charge in [-0.2, -0.15) is 0 Å². The number of carbonyl (C=O) groups excluding carboxylic acids is 1. The van der Waals surface area contributed by atoms with Gasteiger partial charge in [-0.3, -0.25) is 9.64 Å². The number of aryl methyl sites for hydroxylation is 1. The van der Waals surface area contributed by atoms with Gasteiger partial charge in [0.25, 0.3) is 5.54 Å². The predicted molar refractivity (Wildman–Crippen MR) is 157 cm³/mol. The second-order valence-electron chi connectivity index (χ2n) is 10.5.